The summed E-state index contributed by atoms with van der Waals surface area (Å²) in [6.07, 6.45) is 2.43. The van der Waals surface area contributed by atoms with E-state index in [0.29, 0.717) is 5.92 Å². The van der Waals surface area contributed by atoms with Crippen LogP contribution in [0.2, 0.25) is 0 Å². The topological polar surface area (TPSA) is 34.2 Å². The van der Waals surface area contributed by atoms with Crippen molar-refractivity contribution < 1.29 is 4.74 Å². The Hall–Kier alpha value is -1.61. The highest BCUT2D eigenvalue weighted by Crippen LogP contribution is 2.28. The number of fused-ring (bicyclic) bond motifs is 1. The summed E-state index contributed by atoms with van der Waals surface area (Å²) in [5, 5.41) is 4.71. The molecule has 21 heavy (non-hydrogen) atoms. The van der Waals surface area contributed by atoms with Crippen molar-refractivity contribution in [1.82, 2.24) is 10.3 Å². The first-order valence-corrected chi connectivity index (χ1v) is 7.84. The molecule has 2 aromatic rings. The van der Waals surface area contributed by atoms with Crippen LogP contribution in [0.3, 0.4) is 0 Å². The molecule has 1 aromatic heterocycles. The van der Waals surface area contributed by atoms with E-state index < -0.39 is 0 Å². The SMILES string of the molecule is CCCCNCc1cc(C(C)C)nc2c(OC)cccc12. The van der Waals surface area contributed by atoms with E-state index in [1.165, 1.54) is 23.8 Å². The molecular weight excluding hydrogens is 260 g/mol. The standard InChI is InChI=1S/C18H26N2O/c1-5-6-10-19-12-14-11-16(13(2)3)20-18-15(14)8-7-9-17(18)21-4/h7-9,11,13,19H,5-6,10,12H2,1-4H3. The predicted octanol–water partition coefficient (Wildman–Crippen LogP) is 4.26. The van der Waals surface area contributed by atoms with Gasteiger partial charge in [-0.25, -0.2) is 4.98 Å². The minimum atomic E-state index is 0.411. The highest BCUT2D eigenvalue weighted by molar-refractivity contribution is 5.87. The Labute approximate surface area is 127 Å². The molecule has 0 aliphatic heterocycles. The molecule has 3 heteroatoms. The van der Waals surface area contributed by atoms with E-state index in [4.69, 9.17) is 9.72 Å². The fraction of sp³-hybridized carbons (Fsp3) is 0.500. The zero-order chi connectivity index (χ0) is 15.2. The molecule has 0 unspecified atom stereocenters. The molecule has 0 amide bonds. The van der Waals surface area contributed by atoms with Gasteiger partial charge in [-0.1, -0.05) is 39.3 Å². The van der Waals surface area contributed by atoms with E-state index in [0.717, 1.165) is 30.0 Å². The summed E-state index contributed by atoms with van der Waals surface area (Å²) < 4.78 is 5.48. The lowest BCUT2D eigenvalue weighted by molar-refractivity contribution is 0.418. The van der Waals surface area contributed by atoms with Crippen molar-refractivity contribution in [2.24, 2.45) is 0 Å². The van der Waals surface area contributed by atoms with Gasteiger partial charge >= 0.3 is 0 Å². The molecule has 114 valence electrons. The van der Waals surface area contributed by atoms with Gasteiger partial charge in [0.2, 0.25) is 0 Å². The van der Waals surface area contributed by atoms with Crippen LogP contribution in [-0.4, -0.2) is 18.6 Å². The second-order valence-electron chi connectivity index (χ2n) is 5.75. The Kier molecular flexibility index (Phi) is 5.57. The van der Waals surface area contributed by atoms with E-state index in [2.05, 4.69) is 38.2 Å². The highest BCUT2D eigenvalue weighted by atomic mass is 16.5. The van der Waals surface area contributed by atoms with Gasteiger partial charge in [0.1, 0.15) is 11.3 Å². The summed E-state index contributed by atoms with van der Waals surface area (Å²) in [5.74, 6) is 1.26. The number of unbranched alkanes of at least 4 members (excludes halogenated alkanes) is 1. The van der Waals surface area contributed by atoms with Crippen LogP contribution in [0.15, 0.2) is 24.3 Å². The molecule has 3 nitrogen and oxygen atoms in total. The first-order chi connectivity index (χ1) is 10.2. The van der Waals surface area contributed by atoms with Crippen molar-refractivity contribution in [3.05, 3.63) is 35.5 Å². The molecular formula is C18H26N2O. The maximum Gasteiger partial charge on any atom is 0.145 e. The van der Waals surface area contributed by atoms with Crippen molar-refractivity contribution in [2.45, 2.75) is 46.1 Å². The Morgan fingerprint density at radius 2 is 2.10 bits per heavy atom. The minimum absolute atomic E-state index is 0.411. The van der Waals surface area contributed by atoms with Gasteiger partial charge in [0.25, 0.3) is 0 Å². The molecule has 0 spiro atoms. The molecule has 0 fully saturated rings. The molecule has 0 aliphatic carbocycles. The third-order valence-corrected chi connectivity index (χ3v) is 3.74. The number of hydrogen-bond donors (Lipinski definition) is 1. The zero-order valence-electron chi connectivity index (χ0n) is 13.6. The molecule has 2 rings (SSSR count). The van der Waals surface area contributed by atoms with Crippen LogP contribution in [-0.2, 0) is 6.54 Å². The fourth-order valence-electron chi connectivity index (χ4n) is 2.45. The summed E-state index contributed by atoms with van der Waals surface area (Å²) in [6, 6.07) is 8.37. The van der Waals surface area contributed by atoms with Gasteiger partial charge in [-0.15, -0.1) is 0 Å². The van der Waals surface area contributed by atoms with Crippen molar-refractivity contribution in [1.29, 1.82) is 0 Å². The van der Waals surface area contributed by atoms with Gasteiger partial charge in [0.15, 0.2) is 0 Å². The van der Waals surface area contributed by atoms with Crippen LogP contribution >= 0.6 is 0 Å². The van der Waals surface area contributed by atoms with E-state index in [-0.39, 0.29) is 0 Å². The number of benzene rings is 1. The van der Waals surface area contributed by atoms with E-state index in [9.17, 15) is 0 Å². The molecule has 1 aromatic carbocycles. The normalized spacial score (nSPS) is 11.3. The average molecular weight is 286 g/mol. The number of hydrogen-bond acceptors (Lipinski definition) is 3. The van der Waals surface area contributed by atoms with Crippen molar-refractivity contribution >= 4 is 10.9 Å². The van der Waals surface area contributed by atoms with Crippen LogP contribution in [0.1, 0.15) is 50.8 Å². The summed E-state index contributed by atoms with van der Waals surface area (Å²) in [5.41, 5.74) is 3.40. The Bertz CT molecular complexity index is 593. The van der Waals surface area contributed by atoms with Crippen LogP contribution < -0.4 is 10.1 Å². The molecule has 0 bridgehead atoms. The molecule has 0 saturated carbocycles. The maximum absolute atomic E-state index is 5.48. The lowest BCUT2D eigenvalue weighted by atomic mass is 10.0. The van der Waals surface area contributed by atoms with Crippen LogP contribution in [0, 0.1) is 0 Å². The lowest BCUT2D eigenvalue weighted by Gasteiger charge is -2.14. The largest absolute Gasteiger partial charge is 0.494 e. The number of rotatable bonds is 7. The molecule has 1 heterocycles. The Balaban J connectivity index is 2.41. The maximum atomic E-state index is 5.48. The molecule has 0 radical (unpaired) electrons. The molecule has 0 atom stereocenters. The van der Waals surface area contributed by atoms with Gasteiger partial charge in [0.05, 0.1) is 7.11 Å². The monoisotopic (exact) mass is 286 g/mol. The first-order valence-electron chi connectivity index (χ1n) is 7.84. The van der Waals surface area contributed by atoms with Crippen LogP contribution in [0.25, 0.3) is 10.9 Å². The van der Waals surface area contributed by atoms with Gasteiger partial charge in [-0.05, 0) is 36.6 Å². The quantitative estimate of drug-likeness (QED) is 0.772. The first kappa shape index (κ1) is 15.8. The predicted molar refractivity (Wildman–Crippen MR) is 89.0 cm³/mol. The van der Waals surface area contributed by atoms with Crippen LogP contribution in [0.5, 0.6) is 5.75 Å². The van der Waals surface area contributed by atoms with Crippen molar-refractivity contribution in [3.63, 3.8) is 0 Å². The van der Waals surface area contributed by atoms with Gasteiger partial charge in [-0.2, -0.15) is 0 Å². The summed E-state index contributed by atoms with van der Waals surface area (Å²) >= 11 is 0. The third kappa shape index (κ3) is 3.73. The average Bonchev–Trinajstić information content (AvgIpc) is 2.50. The number of nitrogens with one attached hydrogen (secondary N) is 1. The summed E-state index contributed by atoms with van der Waals surface area (Å²) in [7, 11) is 1.71. The number of pyridine rings is 1. The van der Waals surface area contributed by atoms with Gasteiger partial charge < -0.3 is 10.1 Å². The summed E-state index contributed by atoms with van der Waals surface area (Å²) in [4.78, 5) is 4.80. The van der Waals surface area contributed by atoms with Crippen molar-refractivity contribution in [3.8, 4) is 5.75 Å². The van der Waals surface area contributed by atoms with Crippen molar-refractivity contribution in [2.75, 3.05) is 13.7 Å². The van der Waals surface area contributed by atoms with Gasteiger partial charge in [-0.3, -0.25) is 0 Å². The number of para-hydroxylation sites is 1. The number of ether oxygens (including phenoxy) is 1. The van der Waals surface area contributed by atoms with Crippen LogP contribution in [0.4, 0.5) is 0 Å². The number of methoxy groups -OCH3 is 1. The van der Waals surface area contributed by atoms with E-state index in [1.54, 1.807) is 7.11 Å². The van der Waals surface area contributed by atoms with E-state index >= 15 is 0 Å². The second-order valence-corrected chi connectivity index (χ2v) is 5.75. The Morgan fingerprint density at radius 1 is 1.29 bits per heavy atom. The lowest BCUT2D eigenvalue weighted by Crippen LogP contribution is -2.15. The number of aromatic nitrogens is 1. The molecule has 0 saturated heterocycles. The molecule has 1 N–H and O–H groups in total. The minimum Gasteiger partial charge on any atom is -0.494 e. The second kappa shape index (κ2) is 7.41. The van der Waals surface area contributed by atoms with Gasteiger partial charge in [0, 0.05) is 17.6 Å². The highest BCUT2D eigenvalue weighted by Gasteiger charge is 2.11. The zero-order valence-corrected chi connectivity index (χ0v) is 13.6. The summed E-state index contributed by atoms with van der Waals surface area (Å²) in [6.45, 7) is 8.51. The smallest absolute Gasteiger partial charge is 0.145 e. The molecule has 0 aliphatic rings. The third-order valence-electron chi connectivity index (χ3n) is 3.74. The Morgan fingerprint density at radius 3 is 2.76 bits per heavy atom. The van der Waals surface area contributed by atoms with E-state index in [1.807, 2.05) is 12.1 Å². The fourth-order valence-corrected chi connectivity index (χ4v) is 2.45. The number of nitrogens with zero attached hydrogens (tertiary/aromatic N) is 1.